The van der Waals surface area contributed by atoms with Crippen molar-refractivity contribution < 1.29 is 9.53 Å². The van der Waals surface area contributed by atoms with E-state index in [1.165, 1.54) is 5.56 Å². The van der Waals surface area contributed by atoms with E-state index in [1.54, 1.807) is 0 Å². The van der Waals surface area contributed by atoms with Crippen LogP contribution in [-0.2, 0) is 9.53 Å². The summed E-state index contributed by atoms with van der Waals surface area (Å²) in [6.45, 7) is 4.65. The Morgan fingerprint density at radius 3 is 2.58 bits per heavy atom. The van der Waals surface area contributed by atoms with E-state index in [4.69, 9.17) is 4.74 Å². The van der Waals surface area contributed by atoms with E-state index < -0.39 is 0 Å². The van der Waals surface area contributed by atoms with E-state index in [0.717, 1.165) is 28.2 Å². The molecule has 2 nitrogen and oxygen atoms in total. The van der Waals surface area contributed by atoms with E-state index >= 15 is 0 Å². The molecule has 1 aromatic carbocycles. The maximum Gasteiger partial charge on any atom is 0.306 e. The summed E-state index contributed by atoms with van der Waals surface area (Å²) in [5.41, 5.74) is 1.18. The van der Waals surface area contributed by atoms with Crippen molar-refractivity contribution in [1.82, 2.24) is 0 Å². The molecule has 0 aromatic heterocycles. The molecule has 106 valence electrons. The van der Waals surface area contributed by atoms with Crippen LogP contribution in [0.4, 0.5) is 0 Å². The van der Waals surface area contributed by atoms with E-state index in [2.05, 4.69) is 44.8 Å². The third-order valence-electron chi connectivity index (χ3n) is 2.92. The molecule has 0 aliphatic carbocycles. The summed E-state index contributed by atoms with van der Waals surface area (Å²) in [7, 11) is 0. The molecule has 0 aliphatic heterocycles. The molecule has 0 spiro atoms. The van der Waals surface area contributed by atoms with Crippen LogP contribution in [0.3, 0.4) is 0 Å². The zero-order valence-electron chi connectivity index (χ0n) is 11.4. The monoisotopic (exact) mass is 390 g/mol. The van der Waals surface area contributed by atoms with Crippen molar-refractivity contribution in [3.8, 4) is 0 Å². The highest BCUT2D eigenvalue weighted by molar-refractivity contribution is 9.11. The van der Waals surface area contributed by atoms with Crippen molar-refractivity contribution in [2.75, 3.05) is 6.61 Å². The molecular weight excluding hydrogens is 372 g/mol. The van der Waals surface area contributed by atoms with Gasteiger partial charge in [0.05, 0.1) is 13.0 Å². The summed E-state index contributed by atoms with van der Waals surface area (Å²) in [6, 6.07) is 6.11. The van der Waals surface area contributed by atoms with Gasteiger partial charge in [-0.15, -0.1) is 0 Å². The topological polar surface area (TPSA) is 26.3 Å². The fraction of sp³-hybridized carbons (Fsp3) is 0.533. The lowest BCUT2D eigenvalue weighted by Gasteiger charge is -2.17. The molecule has 19 heavy (non-hydrogen) atoms. The number of esters is 1. The van der Waals surface area contributed by atoms with E-state index in [1.807, 2.05) is 19.1 Å². The van der Waals surface area contributed by atoms with Crippen LogP contribution < -0.4 is 0 Å². The van der Waals surface area contributed by atoms with Crippen LogP contribution in [0.1, 0.15) is 51.0 Å². The van der Waals surface area contributed by atoms with Crippen molar-refractivity contribution in [2.45, 2.75) is 45.4 Å². The first-order valence-electron chi connectivity index (χ1n) is 6.69. The van der Waals surface area contributed by atoms with Gasteiger partial charge in [-0.2, -0.15) is 0 Å². The average Bonchev–Trinajstić information content (AvgIpc) is 2.36. The van der Waals surface area contributed by atoms with Crippen molar-refractivity contribution in [3.63, 3.8) is 0 Å². The molecule has 4 heteroatoms. The van der Waals surface area contributed by atoms with Gasteiger partial charge in [-0.3, -0.25) is 4.79 Å². The SMILES string of the molecule is CCCOC(=O)CC(CCC)c1ccc(Br)cc1Br. The van der Waals surface area contributed by atoms with Gasteiger partial charge in [0.2, 0.25) is 0 Å². The largest absolute Gasteiger partial charge is 0.466 e. The molecule has 1 atom stereocenters. The molecule has 1 aromatic rings. The number of ether oxygens (including phenoxy) is 1. The third kappa shape index (κ3) is 5.65. The molecule has 0 N–H and O–H groups in total. The van der Waals surface area contributed by atoms with Crippen molar-refractivity contribution in [2.24, 2.45) is 0 Å². The molecule has 0 saturated carbocycles. The van der Waals surface area contributed by atoms with Crippen LogP contribution in [0.15, 0.2) is 27.1 Å². The van der Waals surface area contributed by atoms with Gasteiger partial charge in [0, 0.05) is 8.95 Å². The van der Waals surface area contributed by atoms with Crippen LogP contribution in [0, 0.1) is 0 Å². The number of halogens is 2. The maximum absolute atomic E-state index is 11.8. The lowest BCUT2D eigenvalue weighted by Crippen LogP contribution is -2.11. The number of benzene rings is 1. The molecule has 0 aliphatic rings. The van der Waals surface area contributed by atoms with Gasteiger partial charge >= 0.3 is 5.97 Å². The fourth-order valence-corrected chi connectivity index (χ4v) is 3.40. The second kappa shape index (κ2) is 8.75. The van der Waals surface area contributed by atoms with Gasteiger partial charge < -0.3 is 4.74 Å². The Bertz CT molecular complexity index is 419. The molecule has 0 saturated heterocycles. The average molecular weight is 392 g/mol. The van der Waals surface area contributed by atoms with Gasteiger partial charge in [0.15, 0.2) is 0 Å². The van der Waals surface area contributed by atoms with Gasteiger partial charge in [-0.05, 0) is 36.5 Å². The first-order valence-corrected chi connectivity index (χ1v) is 8.27. The molecule has 0 fully saturated rings. The third-order valence-corrected chi connectivity index (χ3v) is 4.10. The first-order chi connectivity index (χ1) is 9.08. The summed E-state index contributed by atoms with van der Waals surface area (Å²) >= 11 is 7.03. The zero-order chi connectivity index (χ0) is 14.3. The summed E-state index contributed by atoms with van der Waals surface area (Å²) in [5, 5.41) is 0. The van der Waals surface area contributed by atoms with Crippen molar-refractivity contribution >= 4 is 37.8 Å². The van der Waals surface area contributed by atoms with Gasteiger partial charge in [0.1, 0.15) is 0 Å². The molecule has 0 amide bonds. The summed E-state index contributed by atoms with van der Waals surface area (Å²) in [4.78, 5) is 11.8. The van der Waals surface area contributed by atoms with Crippen molar-refractivity contribution in [3.05, 3.63) is 32.7 Å². The molecule has 0 radical (unpaired) electrons. The molecular formula is C15H20Br2O2. The minimum atomic E-state index is -0.102. The second-order valence-electron chi connectivity index (χ2n) is 4.58. The summed E-state index contributed by atoms with van der Waals surface area (Å²) < 4.78 is 7.27. The Hall–Kier alpha value is -0.350. The van der Waals surface area contributed by atoms with Gasteiger partial charge in [-0.1, -0.05) is 58.2 Å². The van der Waals surface area contributed by atoms with Crippen LogP contribution >= 0.6 is 31.9 Å². The standard InChI is InChI=1S/C15H20Br2O2/c1-3-5-11(9-15(18)19-8-4-2)13-7-6-12(16)10-14(13)17/h6-7,10-11H,3-5,8-9H2,1-2H3. The predicted molar refractivity (Wildman–Crippen MR) is 85.4 cm³/mol. The van der Waals surface area contributed by atoms with Crippen LogP contribution in [0.2, 0.25) is 0 Å². The molecule has 1 unspecified atom stereocenters. The normalized spacial score (nSPS) is 12.2. The van der Waals surface area contributed by atoms with E-state index in [9.17, 15) is 4.79 Å². The summed E-state index contributed by atoms with van der Waals surface area (Å²) in [6.07, 6.45) is 3.36. The molecule has 0 bridgehead atoms. The highest BCUT2D eigenvalue weighted by Crippen LogP contribution is 2.33. The highest BCUT2D eigenvalue weighted by atomic mass is 79.9. The van der Waals surface area contributed by atoms with Crippen LogP contribution in [0.5, 0.6) is 0 Å². The Kier molecular flexibility index (Phi) is 7.69. The van der Waals surface area contributed by atoms with E-state index in [0.29, 0.717) is 13.0 Å². The second-order valence-corrected chi connectivity index (χ2v) is 6.35. The Morgan fingerprint density at radius 1 is 1.26 bits per heavy atom. The lowest BCUT2D eigenvalue weighted by atomic mass is 9.91. The smallest absolute Gasteiger partial charge is 0.306 e. The predicted octanol–water partition coefficient (Wildman–Crippen LogP) is 5.44. The Balaban J connectivity index is 2.78. The fourth-order valence-electron chi connectivity index (χ4n) is 2.02. The Labute approximate surface area is 132 Å². The highest BCUT2D eigenvalue weighted by Gasteiger charge is 2.18. The van der Waals surface area contributed by atoms with Crippen LogP contribution in [-0.4, -0.2) is 12.6 Å². The number of carbonyl (C=O) groups excluding carboxylic acids is 1. The van der Waals surface area contributed by atoms with Gasteiger partial charge in [-0.25, -0.2) is 0 Å². The minimum Gasteiger partial charge on any atom is -0.466 e. The number of carbonyl (C=O) groups is 1. The van der Waals surface area contributed by atoms with E-state index in [-0.39, 0.29) is 11.9 Å². The maximum atomic E-state index is 11.8. The number of rotatable bonds is 7. The van der Waals surface area contributed by atoms with Gasteiger partial charge in [0.25, 0.3) is 0 Å². The number of hydrogen-bond acceptors (Lipinski definition) is 2. The zero-order valence-corrected chi connectivity index (χ0v) is 14.6. The van der Waals surface area contributed by atoms with Crippen LogP contribution in [0.25, 0.3) is 0 Å². The first kappa shape index (κ1) is 16.7. The number of hydrogen-bond donors (Lipinski definition) is 0. The minimum absolute atomic E-state index is 0.102. The van der Waals surface area contributed by atoms with Crippen molar-refractivity contribution in [1.29, 1.82) is 0 Å². The lowest BCUT2D eigenvalue weighted by molar-refractivity contribution is -0.144. The molecule has 0 heterocycles. The molecule has 1 rings (SSSR count). The quantitative estimate of drug-likeness (QED) is 0.578. The Morgan fingerprint density at radius 2 is 2.00 bits per heavy atom. The summed E-state index contributed by atoms with van der Waals surface area (Å²) in [5.74, 6) is 0.118.